The summed E-state index contributed by atoms with van der Waals surface area (Å²) in [5.74, 6) is 0. The molecule has 0 heterocycles. The smallest absolute Gasteiger partial charge is 0.759 e. The fraction of sp³-hybridized carbons (Fsp3) is 0. The molecular weight excluding hydrogens is 337 g/mol. The summed E-state index contributed by atoms with van der Waals surface area (Å²) in [6.07, 6.45) is 0. The average Bonchev–Trinajstić information content (AvgIpc) is 0.722. The third kappa shape index (κ3) is 56.2. The first-order valence-corrected chi connectivity index (χ1v) is 2.00. The number of hydrogen-bond donors (Lipinski definition) is 0. The SMILES string of the molecule is O=S(=O)([O-])[O-].[Eu+2].[Y+3]. The second-order valence-electron chi connectivity index (χ2n) is 0.408. The maximum absolute atomic E-state index is 8.52. The Balaban J connectivity index is -0.0000000800. The van der Waals surface area contributed by atoms with Crippen molar-refractivity contribution in [3.63, 3.8) is 0 Å². The molecule has 0 unspecified atom stereocenters. The van der Waals surface area contributed by atoms with Crippen LogP contribution in [0.4, 0.5) is 0 Å². The van der Waals surface area contributed by atoms with E-state index in [-0.39, 0.29) is 82.1 Å². The van der Waals surface area contributed by atoms with Gasteiger partial charge in [0.1, 0.15) is 0 Å². The molecule has 4 nitrogen and oxygen atoms in total. The molecule has 0 rings (SSSR count). The second kappa shape index (κ2) is 6.68. The van der Waals surface area contributed by atoms with Crippen LogP contribution in [0.2, 0.25) is 0 Å². The van der Waals surface area contributed by atoms with Gasteiger partial charge in [-0.3, -0.25) is 8.42 Å². The Morgan fingerprint density at radius 3 is 1.14 bits per heavy atom. The van der Waals surface area contributed by atoms with Crippen molar-refractivity contribution >= 4 is 10.4 Å². The maximum Gasteiger partial charge on any atom is 3.00 e. The summed E-state index contributed by atoms with van der Waals surface area (Å²) in [7, 11) is -5.17. The molecule has 0 saturated heterocycles. The summed E-state index contributed by atoms with van der Waals surface area (Å²) < 4.78 is 34.1. The zero-order chi connectivity index (χ0) is 4.50. The molecule has 0 aliphatic carbocycles. The van der Waals surface area contributed by atoms with Crippen molar-refractivity contribution in [1.29, 1.82) is 0 Å². The molecule has 0 bridgehead atoms. The normalized spacial score (nSPS) is 8.29. The maximum atomic E-state index is 8.52. The molecule has 0 saturated carbocycles. The molecule has 7 heteroatoms. The first-order chi connectivity index (χ1) is 2.00. The van der Waals surface area contributed by atoms with E-state index in [0.717, 1.165) is 0 Å². The minimum Gasteiger partial charge on any atom is -0.759 e. The van der Waals surface area contributed by atoms with E-state index in [4.69, 9.17) is 17.5 Å². The van der Waals surface area contributed by atoms with Gasteiger partial charge in [-0.25, -0.2) is 0 Å². The fourth-order valence-corrected chi connectivity index (χ4v) is 0. The molecule has 0 atom stereocenters. The summed E-state index contributed by atoms with van der Waals surface area (Å²) in [6.45, 7) is 0. The van der Waals surface area contributed by atoms with E-state index in [9.17, 15) is 0 Å². The molecule has 1 radical (unpaired) electrons. The van der Waals surface area contributed by atoms with Gasteiger partial charge in [0, 0.05) is 10.4 Å². The molecule has 0 aromatic rings. The van der Waals surface area contributed by atoms with E-state index in [1.54, 1.807) is 0 Å². The first-order valence-electron chi connectivity index (χ1n) is 0.667. The van der Waals surface area contributed by atoms with Crippen molar-refractivity contribution in [3.8, 4) is 0 Å². The van der Waals surface area contributed by atoms with Gasteiger partial charge in [0.2, 0.25) is 0 Å². The van der Waals surface area contributed by atoms with Gasteiger partial charge in [0.25, 0.3) is 0 Å². The van der Waals surface area contributed by atoms with Crippen molar-refractivity contribution < 1.29 is 99.6 Å². The molecule has 0 aromatic heterocycles. The molecule has 37 valence electrons. The van der Waals surface area contributed by atoms with Crippen LogP contribution < -0.4 is 0 Å². The van der Waals surface area contributed by atoms with E-state index in [0.29, 0.717) is 0 Å². The Morgan fingerprint density at radius 1 is 1.14 bits per heavy atom. The van der Waals surface area contributed by atoms with Crippen molar-refractivity contribution in [2.45, 2.75) is 0 Å². The minimum absolute atomic E-state index is 0. The summed E-state index contributed by atoms with van der Waals surface area (Å²) in [6, 6.07) is 0. The summed E-state index contributed by atoms with van der Waals surface area (Å²) in [5.41, 5.74) is 0. The minimum atomic E-state index is -5.17. The van der Waals surface area contributed by atoms with Crippen LogP contribution in [0, 0.1) is 49.4 Å². The van der Waals surface area contributed by atoms with E-state index < -0.39 is 10.4 Å². The zero-order valence-electron chi connectivity index (χ0n) is 3.00. The molecule has 0 aromatic carbocycles. The average molecular weight is 337 g/mol. The molecular formula is EuO4SY+3. The molecule has 0 spiro atoms. The van der Waals surface area contributed by atoms with Crippen LogP contribution in [0.5, 0.6) is 0 Å². The zero-order valence-corrected chi connectivity index (χ0v) is 9.08. The third-order valence-electron chi connectivity index (χ3n) is 0. The first kappa shape index (κ1) is 16.3. The molecule has 0 aliphatic heterocycles. The number of rotatable bonds is 0. The van der Waals surface area contributed by atoms with Gasteiger partial charge in [-0.2, -0.15) is 0 Å². The van der Waals surface area contributed by atoms with E-state index in [2.05, 4.69) is 0 Å². The standard InChI is InChI=1S/Eu.H2O4S.Y/c;1-5(2,3)4;/h;(H2,1,2,3,4);/q+2;;+3/p-2. The molecule has 0 N–H and O–H groups in total. The van der Waals surface area contributed by atoms with Crippen LogP contribution in [-0.2, 0) is 43.1 Å². The van der Waals surface area contributed by atoms with Gasteiger partial charge in [-0.1, -0.05) is 0 Å². The monoisotopic (exact) mass is 338 g/mol. The predicted molar refractivity (Wildman–Crippen MR) is 10.5 cm³/mol. The molecule has 0 fully saturated rings. The molecule has 7 heavy (non-hydrogen) atoms. The van der Waals surface area contributed by atoms with Crippen LogP contribution in [0.25, 0.3) is 0 Å². The Labute approximate surface area is 107 Å². The Hall–Kier alpha value is 2.56. The van der Waals surface area contributed by atoms with Crippen LogP contribution in [-0.4, -0.2) is 17.5 Å². The van der Waals surface area contributed by atoms with E-state index >= 15 is 0 Å². The van der Waals surface area contributed by atoms with Gasteiger partial charge in [-0.05, 0) is 0 Å². The van der Waals surface area contributed by atoms with Crippen LogP contribution in [0.1, 0.15) is 0 Å². The predicted octanol–water partition coefficient (Wildman–Crippen LogP) is -1.34. The second-order valence-corrected chi connectivity index (χ2v) is 1.22. The van der Waals surface area contributed by atoms with Gasteiger partial charge in [-0.15, -0.1) is 0 Å². The van der Waals surface area contributed by atoms with Crippen molar-refractivity contribution in [1.82, 2.24) is 0 Å². The fourth-order valence-electron chi connectivity index (χ4n) is 0. The van der Waals surface area contributed by atoms with Gasteiger partial charge >= 0.3 is 82.1 Å². The van der Waals surface area contributed by atoms with Crippen LogP contribution in [0.3, 0.4) is 0 Å². The third-order valence-corrected chi connectivity index (χ3v) is 0. The van der Waals surface area contributed by atoms with Gasteiger partial charge in [0.05, 0.1) is 0 Å². The quantitative estimate of drug-likeness (QED) is 0.405. The Kier molecular flexibility index (Phi) is 15.5. The van der Waals surface area contributed by atoms with Crippen molar-refractivity contribution in [3.05, 3.63) is 0 Å². The van der Waals surface area contributed by atoms with Crippen molar-refractivity contribution in [2.75, 3.05) is 0 Å². The summed E-state index contributed by atoms with van der Waals surface area (Å²) in [4.78, 5) is 0. The van der Waals surface area contributed by atoms with Crippen molar-refractivity contribution in [2.24, 2.45) is 0 Å². The number of hydrogen-bond acceptors (Lipinski definition) is 4. The Bertz CT molecular complexity index is 94.9. The summed E-state index contributed by atoms with van der Waals surface area (Å²) >= 11 is 0. The molecule has 0 aliphatic rings. The molecule has 0 amide bonds. The van der Waals surface area contributed by atoms with Crippen LogP contribution in [0.15, 0.2) is 0 Å². The summed E-state index contributed by atoms with van der Waals surface area (Å²) in [5, 5.41) is 0. The Morgan fingerprint density at radius 2 is 1.14 bits per heavy atom. The topological polar surface area (TPSA) is 80.3 Å². The van der Waals surface area contributed by atoms with E-state index in [1.165, 1.54) is 0 Å². The van der Waals surface area contributed by atoms with Crippen LogP contribution >= 0.6 is 0 Å². The van der Waals surface area contributed by atoms with E-state index in [1.807, 2.05) is 0 Å². The van der Waals surface area contributed by atoms with Gasteiger partial charge < -0.3 is 9.11 Å². The van der Waals surface area contributed by atoms with Gasteiger partial charge in [0.15, 0.2) is 0 Å². The largest absolute Gasteiger partial charge is 3.00 e.